The molecular weight excluding hydrogens is 558 g/mol. The molecule has 0 spiro atoms. The molecule has 1 nitrogen and oxygen atoms in total. The van der Waals surface area contributed by atoms with Gasteiger partial charge in [0.25, 0.3) is 0 Å². The third-order valence-electron chi connectivity index (χ3n) is 6.88. The maximum Gasteiger partial charge on any atom is 0.0619 e. The minimum absolute atomic E-state index is 1.08. The van der Waals surface area contributed by atoms with Crippen LogP contribution >= 0.6 is 31.9 Å². The van der Waals surface area contributed by atoms with Crippen molar-refractivity contribution in [1.82, 2.24) is 4.57 Å². The van der Waals surface area contributed by atoms with Crippen molar-refractivity contribution in [2.75, 3.05) is 0 Å². The largest absolute Gasteiger partial charge is 0.308 e. The molecule has 0 aliphatic heterocycles. The van der Waals surface area contributed by atoms with E-state index >= 15 is 0 Å². The van der Waals surface area contributed by atoms with Crippen LogP contribution in [0.15, 0.2) is 124 Å². The molecule has 0 amide bonds. The van der Waals surface area contributed by atoms with Crippen LogP contribution in [0.3, 0.4) is 0 Å². The van der Waals surface area contributed by atoms with Gasteiger partial charge in [-0.15, -0.1) is 0 Å². The number of hydrogen-bond donors (Lipinski definition) is 0. The van der Waals surface area contributed by atoms with Gasteiger partial charge in [-0.3, -0.25) is 0 Å². The first-order valence-corrected chi connectivity index (χ1v) is 13.2. The Bertz CT molecular complexity index is 1800. The summed E-state index contributed by atoms with van der Waals surface area (Å²) in [5.41, 5.74) is 6.14. The summed E-state index contributed by atoms with van der Waals surface area (Å²) < 4.78 is 4.61. The van der Waals surface area contributed by atoms with E-state index in [-0.39, 0.29) is 0 Å². The molecule has 1 aromatic heterocycles. The predicted octanol–water partition coefficient (Wildman–Crippen LogP) is 10.3. The molecule has 6 aromatic carbocycles. The number of nitrogens with zero attached hydrogens (tertiary/aromatic N) is 1. The van der Waals surface area contributed by atoms with Crippen LogP contribution in [0.25, 0.3) is 60.2 Å². The Morgan fingerprint density at radius 1 is 0.429 bits per heavy atom. The highest BCUT2D eigenvalue weighted by Gasteiger charge is 2.20. The van der Waals surface area contributed by atoms with Crippen molar-refractivity contribution in [2.45, 2.75) is 0 Å². The van der Waals surface area contributed by atoms with Gasteiger partial charge in [-0.2, -0.15) is 0 Å². The second-order valence-electron chi connectivity index (χ2n) is 8.84. The lowest BCUT2D eigenvalue weighted by Gasteiger charge is -2.19. The highest BCUT2D eigenvalue weighted by molar-refractivity contribution is 9.10. The number of rotatable bonds is 2. The van der Waals surface area contributed by atoms with E-state index < -0.39 is 0 Å². The summed E-state index contributed by atoms with van der Waals surface area (Å²) >= 11 is 7.39. The summed E-state index contributed by atoms with van der Waals surface area (Å²) in [6.07, 6.45) is 0. The topological polar surface area (TPSA) is 4.93 Å². The van der Waals surface area contributed by atoms with E-state index in [9.17, 15) is 0 Å². The van der Waals surface area contributed by atoms with Crippen LogP contribution in [0.1, 0.15) is 0 Å². The van der Waals surface area contributed by atoms with Gasteiger partial charge in [0, 0.05) is 30.5 Å². The minimum atomic E-state index is 1.08. The quantitative estimate of drug-likeness (QED) is 0.180. The van der Waals surface area contributed by atoms with Crippen LogP contribution in [-0.2, 0) is 0 Å². The first-order chi connectivity index (χ1) is 17.2. The van der Waals surface area contributed by atoms with E-state index in [1.165, 1.54) is 60.2 Å². The van der Waals surface area contributed by atoms with Crippen LogP contribution in [0.5, 0.6) is 0 Å². The molecule has 1 heterocycles. The third-order valence-corrected chi connectivity index (χ3v) is 7.86. The standard InChI is InChI=1S/C32H19Br2N/c33-21-14-16-29-27(18-21)28-19-22(34)15-17-30(28)35(29)32-25-12-6-4-10-23(25)31(20-8-2-1-3-9-20)24-11-5-7-13-26(24)32/h1-19H. The van der Waals surface area contributed by atoms with Gasteiger partial charge in [0.2, 0.25) is 0 Å². The molecule has 35 heavy (non-hydrogen) atoms. The molecule has 0 aliphatic carbocycles. The fourth-order valence-electron chi connectivity index (χ4n) is 5.47. The lowest BCUT2D eigenvalue weighted by atomic mass is 9.90. The summed E-state index contributed by atoms with van der Waals surface area (Å²) in [6, 6.07) is 41.5. The van der Waals surface area contributed by atoms with E-state index in [0.29, 0.717) is 0 Å². The highest BCUT2D eigenvalue weighted by atomic mass is 79.9. The van der Waals surface area contributed by atoms with E-state index in [0.717, 1.165) is 8.95 Å². The Kier molecular flexibility index (Phi) is 4.83. The summed E-state index contributed by atoms with van der Waals surface area (Å²) in [6.45, 7) is 0. The first-order valence-electron chi connectivity index (χ1n) is 11.6. The van der Waals surface area contributed by atoms with Gasteiger partial charge in [-0.05, 0) is 58.3 Å². The third kappa shape index (κ3) is 3.19. The van der Waals surface area contributed by atoms with Crippen LogP contribution in [0.2, 0.25) is 0 Å². The summed E-state index contributed by atoms with van der Waals surface area (Å²) in [5.74, 6) is 0. The Balaban J connectivity index is 1.74. The molecule has 0 bridgehead atoms. The van der Waals surface area contributed by atoms with Crippen LogP contribution < -0.4 is 0 Å². The normalized spacial score (nSPS) is 11.7. The van der Waals surface area contributed by atoms with E-state index in [4.69, 9.17) is 0 Å². The number of fused-ring (bicyclic) bond motifs is 5. The maximum absolute atomic E-state index is 3.70. The summed E-state index contributed by atoms with van der Waals surface area (Å²) in [4.78, 5) is 0. The van der Waals surface area contributed by atoms with Crippen molar-refractivity contribution >= 4 is 75.2 Å². The molecule has 0 radical (unpaired) electrons. The Labute approximate surface area is 219 Å². The second-order valence-corrected chi connectivity index (χ2v) is 10.7. The van der Waals surface area contributed by atoms with Crippen molar-refractivity contribution in [3.63, 3.8) is 0 Å². The van der Waals surface area contributed by atoms with Gasteiger partial charge >= 0.3 is 0 Å². The molecule has 0 unspecified atom stereocenters. The van der Waals surface area contributed by atoms with E-state index in [1.54, 1.807) is 0 Å². The molecule has 166 valence electrons. The van der Waals surface area contributed by atoms with Crippen LogP contribution in [0.4, 0.5) is 0 Å². The van der Waals surface area contributed by atoms with Gasteiger partial charge in [-0.1, -0.05) is 111 Å². The summed E-state index contributed by atoms with van der Waals surface area (Å²) in [7, 11) is 0. The van der Waals surface area contributed by atoms with Gasteiger partial charge in [-0.25, -0.2) is 0 Å². The molecule has 0 fully saturated rings. The number of halogens is 2. The molecular formula is C32H19Br2N. The smallest absolute Gasteiger partial charge is 0.0619 e. The van der Waals surface area contributed by atoms with Crippen molar-refractivity contribution in [3.05, 3.63) is 124 Å². The van der Waals surface area contributed by atoms with Crippen LogP contribution in [0, 0.1) is 0 Å². The minimum Gasteiger partial charge on any atom is -0.308 e. The SMILES string of the molecule is Brc1ccc2c(c1)c1cc(Br)ccc1n2-c1c2ccccc2c(-c2ccccc2)c2ccccc12. The average molecular weight is 577 g/mol. The Morgan fingerprint density at radius 2 is 0.886 bits per heavy atom. The van der Waals surface area contributed by atoms with Crippen molar-refractivity contribution in [2.24, 2.45) is 0 Å². The van der Waals surface area contributed by atoms with Crippen molar-refractivity contribution < 1.29 is 0 Å². The fourth-order valence-corrected chi connectivity index (χ4v) is 6.19. The molecule has 3 heteroatoms. The van der Waals surface area contributed by atoms with Crippen molar-refractivity contribution in [3.8, 4) is 16.8 Å². The molecule has 0 atom stereocenters. The lowest BCUT2D eigenvalue weighted by molar-refractivity contribution is 1.21. The Hall–Kier alpha value is -3.40. The Morgan fingerprint density at radius 3 is 1.40 bits per heavy atom. The number of aromatic nitrogens is 1. The van der Waals surface area contributed by atoms with Gasteiger partial charge in [0.05, 0.1) is 16.7 Å². The predicted molar refractivity (Wildman–Crippen MR) is 157 cm³/mol. The maximum atomic E-state index is 3.70. The van der Waals surface area contributed by atoms with E-state index in [2.05, 4.69) is 152 Å². The number of benzene rings is 6. The van der Waals surface area contributed by atoms with Gasteiger partial charge < -0.3 is 4.57 Å². The highest BCUT2D eigenvalue weighted by Crippen LogP contribution is 2.44. The van der Waals surface area contributed by atoms with E-state index in [1.807, 2.05) is 0 Å². The molecule has 0 aliphatic rings. The van der Waals surface area contributed by atoms with Crippen molar-refractivity contribution in [1.29, 1.82) is 0 Å². The zero-order valence-electron chi connectivity index (χ0n) is 18.7. The monoisotopic (exact) mass is 575 g/mol. The second kappa shape index (κ2) is 8.08. The summed E-state index contributed by atoms with van der Waals surface area (Å²) in [5, 5.41) is 7.48. The number of hydrogen-bond acceptors (Lipinski definition) is 0. The fraction of sp³-hybridized carbons (Fsp3) is 0. The lowest BCUT2D eigenvalue weighted by Crippen LogP contribution is -1.99. The van der Waals surface area contributed by atoms with Crippen LogP contribution in [-0.4, -0.2) is 4.57 Å². The molecule has 0 N–H and O–H groups in total. The molecule has 7 aromatic rings. The molecule has 0 saturated heterocycles. The average Bonchev–Trinajstić information content (AvgIpc) is 3.20. The zero-order chi connectivity index (χ0) is 23.5. The first kappa shape index (κ1) is 20.9. The zero-order valence-corrected chi connectivity index (χ0v) is 21.8. The van der Waals surface area contributed by atoms with Gasteiger partial charge in [0.15, 0.2) is 0 Å². The molecule has 7 rings (SSSR count). The van der Waals surface area contributed by atoms with Gasteiger partial charge in [0.1, 0.15) is 0 Å². The molecule has 0 saturated carbocycles.